The van der Waals surface area contributed by atoms with Crippen molar-refractivity contribution in [2.75, 3.05) is 19.5 Å². The van der Waals surface area contributed by atoms with E-state index in [1.54, 1.807) is 24.3 Å². The molecule has 152 valence electrons. The van der Waals surface area contributed by atoms with Gasteiger partial charge in [0, 0.05) is 12.7 Å². The third-order valence-corrected chi connectivity index (χ3v) is 5.27. The molecule has 2 aromatic rings. The van der Waals surface area contributed by atoms with Gasteiger partial charge >= 0.3 is 0 Å². The molecule has 7 heteroatoms. The molecule has 1 N–H and O–H groups in total. The smallest absolute Gasteiger partial charge is 0.220 e. The quantitative estimate of drug-likeness (QED) is 0.612. The summed E-state index contributed by atoms with van der Waals surface area (Å²) in [5.41, 5.74) is 0.850. The maximum Gasteiger partial charge on any atom is 0.220 e. The molecule has 0 aromatic heterocycles. The number of rotatable bonds is 10. The van der Waals surface area contributed by atoms with Gasteiger partial charge in [0.1, 0.15) is 0 Å². The highest BCUT2D eigenvalue weighted by Crippen LogP contribution is 2.26. The lowest BCUT2D eigenvalue weighted by Crippen LogP contribution is -2.26. The van der Waals surface area contributed by atoms with E-state index in [0.29, 0.717) is 37.6 Å². The fraction of sp³-hybridized carbons (Fsp3) is 0.381. The average molecular weight is 406 g/mol. The van der Waals surface area contributed by atoms with Gasteiger partial charge < -0.3 is 14.8 Å². The Kier molecular flexibility index (Phi) is 7.87. The second-order valence-electron chi connectivity index (χ2n) is 6.46. The number of para-hydroxylation sites is 2. The first-order chi connectivity index (χ1) is 13.3. The van der Waals surface area contributed by atoms with Crippen molar-refractivity contribution in [3.63, 3.8) is 0 Å². The Balaban J connectivity index is 1.78. The number of ether oxygens (including phenoxy) is 2. The molecule has 0 saturated carbocycles. The monoisotopic (exact) mass is 405 g/mol. The van der Waals surface area contributed by atoms with Crippen molar-refractivity contribution < 1.29 is 22.7 Å². The Morgan fingerprint density at radius 1 is 1.04 bits per heavy atom. The van der Waals surface area contributed by atoms with Gasteiger partial charge in [0.2, 0.25) is 5.91 Å². The Labute approximate surface area is 166 Å². The molecule has 0 aliphatic rings. The molecule has 0 fully saturated rings. The van der Waals surface area contributed by atoms with Gasteiger partial charge in [0.15, 0.2) is 21.3 Å². The summed E-state index contributed by atoms with van der Waals surface area (Å²) in [7, 11) is -3.22. The SMILES string of the molecule is CCOc1ccccc1OCCCC(=O)NC(C)c1ccc(S(C)(=O)=O)cc1. The van der Waals surface area contributed by atoms with Crippen molar-refractivity contribution in [2.45, 2.75) is 37.6 Å². The molecule has 1 unspecified atom stereocenters. The molecular weight excluding hydrogens is 378 g/mol. The molecular formula is C21H27NO5S. The Bertz CT molecular complexity index is 878. The molecule has 1 amide bonds. The zero-order chi connectivity index (χ0) is 20.6. The first-order valence-corrected chi connectivity index (χ1v) is 11.1. The molecule has 28 heavy (non-hydrogen) atoms. The summed E-state index contributed by atoms with van der Waals surface area (Å²) < 4.78 is 34.2. The Morgan fingerprint density at radius 2 is 1.64 bits per heavy atom. The number of carbonyl (C=O) groups excluding carboxylic acids is 1. The van der Waals surface area contributed by atoms with Crippen molar-refractivity contribution in [1.29, 1.82) is 0 Å². The number of nitrogens with one attached hydrogen (secondary N) is 1. The molecule has 0 aliphatic carbocycles. The maximum absolute atomic E-state index is 12.1. The van der Waals surface area contributed by atoms with Crippen molar-refractivity contribution in [3.05, 3.63) is 54.1 Å². The lowest BCUT2D eigenvalue weighted by atomic mass is 10.1. The minimum absolute atomic E-state index is 0.0821. The minimum Gasteiger partial charge on any atom is -0.490 e. The van der Waals surface area contributed by atoms with E-state index < -0.39 is 9.84 Å². The number of carbonyl (C=O) groups is 1. The number of amides is 1. The van der Waals surface area contributed by atoms with Crippen molar-refractivity contribution >= 4 is 15.7 Å². The molecule has 6 nitrogen and oxygen atoms in total. The van der Waals surface area contributed by atoms with Crippen LogP contribution in [0.2, 0.25) is 0 Å². The lowest BCUT2D eigenvalue weighted by molar-refractivity contribution is -0.121. The van der Waals surface area contributed by atoms with Crippen LogP contribution in [0.3, 0.4) is 0 Å². The predicted octanol–water partition coefficient (Wildman–Crippen LogP) is 3.53. The highest BCUT2D eigenvalue weighted by molar-refractivity contribution is 7.90. The van der Waals surface area contributed by atoms with E-state index in [2.05, 4.69) is 5.32 Å². The van der Waals surface area contributed by atoms with Crippen molar-refractivity contribution in [3.8, 4) is 11.5 Å². The van der Waals surface area contributed by atoms with Crippen LogP contribution in [0.4, 0.5) is 0 Å². The molecule has 2 rings (SSSR count). The van der Waals surface area contributed by atoms with Gasteiger partial charge in [-0.3, -0.25) is 4.79 Å². The van der Waals surface area contributed by atoms with Gasteiger partial charge in [0.05, 0.1) is 24.2 Å². The van der Waals surface area contributed by atoms with Gasteiger partial charge in [0.25, 0.3) is 0 Å². The van der Waals surface area contributed by atoms with Crippen LogP contribution < -0.4 is 14.8 Å². The molecule has 1 atom stereocenters. The predicted molar refractivity (Wildman–Crippen MR) is 108 cm³/mol. The van der Waals surface area contributed by atoms with Crippen LogP contribution in [0.5, 0.6) is 11.5 Å². The van der Waals surface area contributed by atoms with Crippen molar-refractivity contribution in [2.24, 2.45) is 0 Å². The van der Waals surface area contributed by atoms with Crippen LogP contribution in [0, 0.1) is 0 Å². The third-order valence-electron chi connectivity index (χ3n) is 4.14. The maximum atomic E-state index is 12.1. The summed E-state index contributed by atoms with van der Waals surface area (Å²) in [6.45, 7) is 4.75. The van der Waals surface area contributed by atoms with E-state index in [1.165, 1.54) is 6.26 Å². The first kappa shape index (κ1) is 21.8. The summed E-state index contributed by atoms with van der Waals surface area (Å²) in [5.74, 6) is 1.28. The second-order valence-corrected chi connectivity index (χ2v) is 8.48. The molecule has 0 heterocycles. The molecule has 2 aromatic carbocycles. The molecule has 0 spiro atoms. The zero-order valence-electron chi connectivity index (χ0n) is 16.5. The Morgan fingerprint density at radius 3 is 2.21 bits per heavy atom. The average Bonchev–Trinajstić information content (AvgIpc) is 2.66. The van der Waals surface area contributed by atoms with E-state index in [1.807, 2.05) is 38.1 Å². The van der Waals surface area contributed by atoms with Crippen molar-refractivity contribution in [1.82, 2.24) is 5.32 Å². The Hall–Kier alpha value is -2.54. The van der Waals surface area contributed by atoms with Gasteiger partial charge in [-0.2, -0.15) is 0 Å². The molecule has 0 aliphatic heterocycles. The van der Waals surface area contributed by atoms with Gasteiger partial charge in [-0.25, -0.2) is 8.42 Å². The highest BCUT2D eigenvalue weighted by atomic mass is 32.2. The van der Waals surface area contributed by atoms with E-state index >= 15 is 0 Å². The number of sulfone groups is 1. The number of hydrogen-bond donors (Lipinski definition) is 1. The van der Waals surface area contributed by atoms with E-state index in [-0.39, 0.29) is 16.8 Å². The highest BCUT2D eigenvalue weighted by Gasteiger charge is 2.12. The fourth-order valence-corrected chi connectivity index (χ4v) is 3.29. The number of benzene rings is 2. The van der Waals surface area contributed by atoms with Gasteiger partial charge in [-0.15, -0.1) is 0 Å². The first-order valence-electron chi connectivity index (χ1n) is 9.25. The molecule has 0 saturated heterocycles. The third kappa shape index (κ3) is 6.56. The standard InChI is InChI=1S/C21H27NO5S/c1-4-26-19-8-5-6-9-20(19)27-15-7-10-21(23)22-16(2)17-11-13-18(14-12-17)28(3,24)25/h5-6,8-9,11-14,16H,4,7,10,15H2,1-3H3,(H,22,23). The van der Waals surface area contributed by atoms with Gasteiger partial charge in [-0.05, 0) is 50.1 Å². The second kappa shape index (κ2) is 10.1. The summed E-state index contributed by atoms with van der Waals surface area (Å²) in [4.78, 5) is 12.4. The van der Waals surface area contributed by atoms with Gasteiger partial charge in [-0.1, -0.05) is 24.3 Å². The molecule has 0 radical (unpaired) electrons. The van der Waals surface area contributed by atoms with Crippen LogP contribution in [-0.4, -0.2) is 33.8 Å². The largest absolute Gasteiger partial charge is 0.490 e. The van der Waals surface area contributed by atoms with E-state index in [9.17, 15) is 13.2 Å². The van der Waals surface area contributed by atoms with Crippen LogP contribution in [0.1, 0.15) is 38.3 Å². The lowest BCUT2D eigenvalue weighted by Gasteiger charge is -2.15. The fourth-order valence-electron chi connectivity index (χ4n) is 2.66. The summed E-state index contributed by atoms with van der Waals surface area (Å²) in [6.07, 6.45) is 2.08. The van der Waals surface area contributed by atoms with Crippen LogP contribution in [0.15, 0.2) is 53.4 Å². The van der Waals surface area contributed by atoms with Crippen LogP contribution in [-0.2, 0) is 14.6 Å². The van der Waals surface area contributed by atoms with Crippen LogP contribution >= 0.6 is 0 Å². The van der Waals surface area contributed by atoms with Crippen LogP contribution in [0.25, 0.3) is 0 Å². The summed E-state index contributed by atoms with van der Waals surface area (Å²) >= 11 is 0. The van der Waals surface area contributed by atoms with E-state index in [0.717, 1.165) is 5.56 Å². The molecule has 0 bridgehead atoms. The summed E-state index contributed by atoms with van der Waals surface area (Å²) in [6, 6.07) is 13.8. The van der Waals surface area contributed by atoms with E-state index in [4.69, 9.17) is 9.47 Å². The topological polar surface area (TPSA) is 81.7 Å². The minimum atomic E-state index is -3.22. The number of hydrogen-bond acceptors (Lipinski definition) is 5. The zero-order valence-corrected chi connectivity index (χ0v) is 17.3. The summed E-state index contributed by atoms with van der Waals surface area (Å²) in [5, 5.41) is 2.92. The normalized spacial score (nSPS) is 12.2.